The molecule has 2 heterocycles. The summed E-state index contributed by atoms with van der Waals surface area (Å²) < 4.78 is 0. The first-order valence-electron chi connectivity index (χ1n) is 9.40. The van der Waals surface area contributed by atoms with Gasteiger partial charge in [0.1, 0.15) is 0 Å². The van der Waals surface area contributed by atoms with E-state index >= 15 is 0 Å². The molecule has 0 spiro atoms. The summed E-state index contributed by atoms with van der Waals surface area (Å²) in [5, 5.41) is 0. The minimum atomic E-state index is -0.0742. The number of likely N-dealkylation sites (tertiary alicyclic amines) is 1. The Morgan fingerprint density at radius 2 is 1.46 bits per heavy atom. The molecule has 6 heteroatoms. The molecule has 140 valence electrons. The van der Waals surface area contributed by atoms with Crippen LogP contribution in [0.5, 0.6) is 0 Å². The molecule has 26 heavy (non-hydrogen) atoms. The van der Waals surface area contributed by atoms with Crippen LogP contribution in [0.2, 0.25) is 0 Å². The highest BCUT2D eigenvalue weighted by Gasteiger charge is 2.25. The number of carbonyl (C=O) groups excluding carboxylic acids is 3. The van der Waals surface area contributed by atoms with Gasteiger partial charge in [0, 0.05) is 57.3 Å². The van der Waals surface area contributed by atoms with Gasteiger partial charge in [-0.15, -0.1) is 0 Å². The summed E-state index contributed by atoms with van der Waals surface area (Å²) >= 11 is 0. The highest BCUT2D eigenvalue weighted by atomic mass is 16.2. The second-order valence-electron chi connectivity index (χ2n) is 7.38. The number of rotatable bonds is 2. The summed E-state index contributed by atoms with van der Waals surface area (Å²) in [6.07, 6.45) is 2.19. The smallest absolute Gasteiger partial charge is 0.253 e. The van der Waals surface area contributed by atoms with E-state index in [-0.39, 0.29) is 17.7 Å². The van der Waals surface area contributed by atoms with Crippen molar-refractivity contribution >= 4 is 17.7 Å². The van der Waals surface area contributed by atoms with E-state index in [1.807, 2.05) is 4.90 Å². The van der Waals surface area contributed by atoms with Gasteiger partial charge < -0.3 is 14.7 Å². The van der Waals surface area contributed by atoms with Gasteiger partial charge in [-0.25, -0.2) is 0 Å². The monoisotopic (exact) mass is 357 g/mol. The third kappa shape index (κ3) is 4.06. The number of hydrogen-bond acceptors (Lipinski definition) is 3. The molecule has 2 saturated heterocycles. The molecule has 1 aromatic rings. The first-order chi connectivity index (χ1) is 12.5. The van der Waals surface area contributed by atoms with E-state index < -0.39 is 0 Å². The molecule has 0 bridgehead atoms. The normalized spacial score (nSPS) is 20.8. The van der Waals surface area contributed by atoms with Crippen LogP contribution in [0.1, 0.15) is 47.4 Å². The molecule has 0 radical (unpaired) electrons. The quantitative estimate of drug-likeness (QED) is 0.812. The van der Waals surface area contributed by atoms with Gasteiger partial charge in [-0.3, -0.25) is 14.4 Å². The molecule has 2 aliphatic heterocycles. The summed E-state index contributed by atoms with van der Waals surface area (Å²) in [6.45, 7) is 7.46. The summed E-state index contributed by atoms with van der Waals surface area (Å²) in [6, 6.07) is 7.03. The number of amides is 3. The molecule has 0 saturated carbocycles. The summed E-state index contributed by atoms with van der Waals surface area (Å²) in [7, 11) is 0. The zero-order valence-electron chi connectivity index (χ0n) is 15.6. The number of hydrogen-bond donors (Lipinski definition) is 0. The Morgan fingerprint density at radius 3 is 2.04 bits per heavy atom. The molecular weight excluding hydrogens is 330 g/mol. The predicted octanol–water partition coefficient (Wildman–Crippen LogP) is 1.86. The van der Waals surface area contributed by atoms with E-state index in [0.717, 1.165) is 25.9 Å². The lowest BCUT2D eigenvalue weighted by Crippen LogP contribution is -2.50. The highest BCUT2D eigenvalue weighted by molar-refractivity contribution is 5.99. The van der Waals surface area contributed by atoms with Crippen LogP contribution in [0.3, 0.4) is 0 Å². The van der Waals surface area contributed by atoms with Crippen molar-refractivity contribution in [2.45, 2.75) is 26.7 Å². The minimum Gasteiger partial charge on any atom is -0.339 e. The van der Waals surface area contributed by atoms with Gasteiger partial charge in [0.2, 0.25) is 5.91 Å². The number of piperidine rings is 1. The van der Waals surface area contributed by atoms with Crippen LogP contribution in [0.4, 0.5) is 0 Å². The summed E-state index contributed by atoms with van der Waals surface area (Å²) in [5.41, 5.74) is 1.12. The second-order valence-corrected chi connectivity index (χ2v) is 7.38. The standard InChI is InChI=1S/C20H27N3O3/c1-15-5-4-8-23(14-15)20(26)18-7-3-6-17(13-18)19(25)22-11-9-21(10-12-22)16(2)24/h3,6-7,13,15H,4-5,8-12,14H2,1-2H3. The maximum absolute atomic E-state index is 12.8. The average molecular weight is 357 g/mol. The molecule has 3 rings (SSSR count). The van der Waals surface area contributed by atoms with Gasteiger partial charge in [-0.2, -0.15) is 0 Å². The molecule has 1 unspecified atom stereocenters. The highest BCUT2D eigenvalue weighted by Crippen LogP contribution is 2.19. The minimum absolute atomic E-state index is 0.00704. The topological polar surface area (TPSA) is 60.9 Å². The second kappa shape index (κ2) is 7.89. The number of benzene rings is 1. The van der Waals surface area contributed by atoms with Crippen molar-refractivity contribution in [1.82, 2.24) is 14.7 Å². The van der Waals surface area contributed by atoms with Crippen molar-refractivity contribution in [3.05, 3.63) is 35.4 Å². The third-order valence-corrected chi connectivity index (χ3v) is 5.31. The van der Waals surface area contributed by atoms with Crippen molar-refractivity contribution in [2.75, 3.05) is 39.3 Å². The Kier molecular flexibility index (Phi) is 5.59. The third-order valence-electron chi connectivity index (χ3n) is 5.31. The Bertz CT molecular complexity index is 695. The fraction of sp³-hybridized carbons (Fsp3) is 0.550. The lowest BCUT2D eigenvalue weighted by atomic mass is 9.99. The Labute approximate surface area is 154 Å². The molecule has 2 fully saturated rings. The van der Waals surface area contributed by atoms with Crippen molar-refractivity contribution in [3.63, 3.8) is 0 Å². The van der Waals surface area contributed by atoms with E-state index in [1.54, 1.807) is 41.0 Å². The molecule has 3 amide bonds. The van der Waals surface area contributed by atoms with Crippen molar-refractivity contribution in [3.8, 4) is 0 Å². The van der Waals surface area contributed by atoms with Gasteiger partial charge in [-0.05, 0) is 37.0 Å². The number of piperazine rings is 1. The fourth-order valence-electron chi connectivity index (χ4n) is 3.75. The van der Waals surface area contributed by atoms with E-state index in [9.17, 15) is 14.4 Å². The van der Waals surface area contributed by atoms with Crippen LogP contribution in [0, 0.1) is 5.92 Å². The molecule has 2 aliphatic rings. The lowest BCUT2D eigenvalue weighted by molar-refractivity contribution is -0.130. The molecular formula is C20H27N3O3. The van der Waals surface area contributed by atoms with Crippen LogP contribution in [-0.4, -0.2) is 71.7 Å². The maximum atomic E-state index is 12.8. The van der Waals surface area contributed by atoms with Crippen LogP contribution in [0.25, 0.3) is 0 Å². The van der Waals surface area contributed by atoms with Crippen molar-refractivity contribution < 1.29 is 14.4 Å². The zero-order valence-corrected chi connectivity index (χ0v) is 15.6. The van der Waals surface area contributed by atoms with Crippen molar-refractivity contribution in [2.24, 2.45) is 5.92 Å². The van der Waals surface area contributed by atoms with E-state index in [1.165, 1.54) is 0 Å². The molecule has 1 aromatic carbocycles. The largest absolute Gasteiger partial charge is 0.339 e. The zero-order chi connectivity index (χ0) is 18.7. The molecule has 0 aliphatic carbocycles. The molecule has 0 aromatic heterocycles. The fourth-order valence-corrected chi connectivity index (χ4v) is 3.75. The van der Waals surface area contributed by atoms with Gasteiger partial charge >= 0.3 is 0 Å². The lowest BCUT2D eigenvalue weighted by Gasteiger charge is -2.34. The van der Waals surface area contributed by atoms with Gasteiger partial charge in [0.15, 0.2) is 0 Å². The molecule has 0 N–H and O–H groups in total. The van der Waals surface area contributed by atoms with E-state index in [4.69, 9.17) is 0 Å². The van der Waals surface area contributed by atoms with Gasteiger partial charge in [-0.1, -0.05) is 13.0 Å². The SMILES string of the molecule is CC(=O)N1CCN(C(=O)c2cccc(C(=O)N3CCCC(C)C3)c2)CC1. The first-order valence-corrected chi connectivity index (χ1v) is 9.40. The predicted molar refractivity (Wildman–Crippen MR) is 98.9 cm³/mol. The Morgan fingerprint density at radius 1 is 0.885 bits per heavy atom. The van der Waals surface area contributed by atoms with Crippen LogP contribution < -0.4 is 0 Å². The van der Waals surface area contributed by atoms with Gasteiger partial charge in [0.25, 0.3) is 11.8 Å². The van der Waals surface area contributed by atoms with Crippen molar-refractivity contribution in [1.29, 1.82) is 0 Å². The summed E-state index contributed by atoms with van der Waals surface area (Å²) in [5.74, 6) is 0.498. The first kappa shape index (κ1) is 18.4. The number of nitrogens with zero attached hydrogens (tertiary/aromatic N) is 3. The van der Waals surface area contributed by atoms with Crippen LogP contribution in [-0.2, 0) is 4.79 Å². The number of carbonyl (C=O) groups is 3. The average Bonchev–Trinajstić information content (AvgIpc) is 2.67. The maximum Gasteiger partial charge on any atom is 0.253 e. The Hall–Kier alpha value is -2.37. The van der Waals surface area contributed by atoms with E-state index in [0.29, 0.717) is 43.2 Å². The van der Waals surface area contributed by atoms with Crippen LogP contribution >= 0.6 is 0 Å². The summed E-state index contributed by atoms with van der Waals surface area (Å²) in [4.78, 5) is 42.4. The van der Waals surface area contributed by atoms with Gasteiger partial charge in [0.05, 0.1) is 0 Å². The van der Waals surface area contributed by atoms with E-state index in [2.05, 4.69) is 6.92 Å². The Balaban J connectivity index is 1.68. The van der Waals surface area contributed by atoms with Crippen LogP contribution in [0.15, 0.2) is 24.3 Å². The molecule has 1 atom stereocenters. The molecule has 6 nitrogen and oxygen atoms in total.